The van der Waals surface area contributed by atoms with Crippen LogP contribution in [-0.2, 0) is 19.7 Å². The van der Waals surface area contributed by atoms with Gasteiger partial charge in [-0.1, -0.05) is 81.8 Å². The number of benzene rings is 2. The highest BCUT2D eigenvalue weighted by atomic mass is 35.5. The van der Waals surface area contributed by atoms with Crippen LogP contribution in [0.5, 0.6) is 0 Å². The third kappa shape index (κ3) is 8.92. The minimum Gasteiger partial charge on any atom is -0.440 e. The highest BCUT2D eigenvalue weighted by molar-refractivity contribution is 6.30. The van der Waals surface area contributed by atoms with E-state index in [-0.39, 0.29) is 24.3 Å². The van der Waals surface area contributed by atoms with Crippen LogP contribution in [0.4, 0.5) is 9.18 Å². The zero-order valence-electron chi connectivity index (χ0n) is 24.9. The molecule has 2 aromatic rings. The Labute approximate surface area is 258 Å². The van der Waals surface area contributed by atoms with Crippen molar-refractivity contribution in [3.05, 3.63) is 70.5 Å². The fourth-order valence-corrected chi connectivity index (χ4v) is 6.50. The maximum atomic E-state index is 14.3. The van der Waals surface area contributed by atoms with Gasteiger partial charge in [-0.3, -0.25) is 9.59 Å². The minimum atomic E-state index is -0.913. The maximum Gasteiger partial charge on any atom is 0.408 e. The number of ether oxygens (including phenoxy) is 1. The van der Waals surface area contributed by atoms with Crippen molar-refractivity contribution >= 4 is 29.5 Å². The smallest absolute Gasteiger partial charge is 0.408 e. The predicted octanol–water partition coefficient (Wildman–Crippen LogP) is 5.57. The van der Waals surface area contributed by atoms with Crippen LogP contribution in [0.3, 0.4) is 0 Å². The van der Waals surface area contributed by atoms with Crippen LogP contribution in [0.2, 0.25) is 5.02 Å². The average molecular weight is 616 g/mol. The molecule has 4 N–H and O–H groups in total. The minimum absolute atomic E-state index is 0.0844. The molecule has 234 valence electrons. The number of hydrogen-bond donors (Lipinski definition) is 4. The molecule has 2 aliphatic rings. The molecule has 43 heavy (non-hydrogen) atoms. The van der Waals surface area contributed by atoms with E-state index in [2.05, 4.69) is 16.0 Å². The molecule has 1 saturated carbocycles. The van der Waals surface area contributed by atoms with Crippen molar-refractivity contribution in [3.8, 4) is 0 Å². The summed E-state index contributed by atoms with van der Waals surface area (Å²) < 4.78 is 20.4. The first-order valence-electron chi connectivity index (χ1n) is 15.2. The monoisotopic (exact) mass is 615 g/mol. The molecule has 1 aliphatic heterocycles. The van der Waals surface area contributed by atoms with Crippen molar-refractivity contribution in [2.24, 2.45) is 11.8 Å². The predicted molar refractivity (Wildman–Crippen MR) is 163 cm³/mol. The van der Waals surface area contributed by atoms with Crippen molar-refractivity contribution in [1.29, 1.82) is 0 Å². The van der Waals surface area contributed by atoms with Crippen LogP contribution >= 0.6 is 11.6 Å². The summed E-state index contributed by atoms with van der Waals surface area (Å²) in [6.07, 6.45) is 4.85. The molecule has 8 nitrogen and oxygen atoms in total. The Kier molecular flexibility index (Phi) is 11.4. The summed E-state index contributed by atoms with van der Waals surface area (Å²) in [7, 11) is 0. The van der Waals surface area contributed by atoms with Crippen molar-refractivity contribution < 1.29 is 28.6 Å². The number of carbonyl (C=O) groups is 3. The molecule has 2 aromatic carbocycles. The Balaban J connectivity index is 1.54. The quantitative estimate of drug-likeness (QED) is 0.249. The molecule has 2 fully saturated rings. The largest absolute Gasteiger partial charge is 0.440 e. The second-order valence-electron chi connectivity index (χ2n) is 12.4. The molecule has 10 heteroatoms. The van der Waals surface area contributed by atoms with Crippen LogP contribution < -0.4 is 16.0 Å². The van der Waals surface area contributed by atoms with Gasteiger partial charge in [-0.15, -0.1) is 0 Å². The van der Waals surface area contributed by atoms with E-state index < -0.39 is 41.4 Å². The van der Waals surface area contributed by atoms with Crippen molar-refractivity contribution in [2.45, 2.75) is 88.8 Å². The molecule has 4 rings (SSSR count). The van der Waals surface area contributed by atoms with Gasteiger partial charge >= 0.3 is 6.09 Å². The number of nitrogens with one attached hydrogen (secondary N) is 3. The van der Waals surface area contributed by atoms with Crippen molar-refractivity contribution in [1.82, 2.24) is 16.0 Å². The summed E-state index contributed by atoms with van der Waals surface area (Å²) in [5.41, 5.74) is 0.435. The van der Waals surface area contributed by atoms with Gasteiger partial charge in [0.15, 0.2) is 0 Å². The zero-order chi connectivity index (χ0) is 31.0. The van der Waals surface area contributed by atoms with E-state index in [0.29, 0.717) is 36.4 Å². The Hall–Kier alpha value is -3.17. The van der Waals surface area contributed by atoms with Gasteiger partial charge in [0.2, 0.25) is 11.8 Å². The lowest BCUT2D eigenvalue weighted by atomic mass is 9.76. The highest BCUT2D eigenvalue weighted by Gasteiger charge is 2.38. The van der Waals surface area contributed by atoms with Gasteiger partial charge in [0.05, 0.1) is 12.6 Å². The first-order chi connectivity index (χ1) is 20.6. The van der Waals surface area contributed by atoms with E-state index in [4.69, 9.17) is 16.3 Å². The van der Waals surface area contributed by atoms with E-state index in [9.17, 15) is 23.9 Å². The normalized spacial score (nSPS) is 19.7. The lowest BCUT2D eigenvalue weighted by Gasteiger charge is -2.35. The molecule has 3 amide bonds. The topological polar surface area (TPSA) is 117 Å². The second-order valence-corrected chi connectivity index (χ2v) is 12.8. The Morgan fingerprint density at radius 2 is 1.81 bits per heavy atom. The summed E-state index contributed by atoms with van der Waals surface area (Å²) in [5.74, 6) is -1.02. The van der Waals surface area contributed by atoms with Crippen molar-refractivity contribution in [2.75, 3.05) is 13.2 Å². The van der Waals surface area contributed by atoms with Crippen LogP contribution in [0.1, 0.15) is 82.4 Å². The third-order valence-corrected chi connectivity index (χ3v) is 9.04. The molecule has 4 atom stereocenters. The third-order valence-electron chi connectivity index (χ3n) is 8.80. The Bertz CT molecular complexity index is 1270. The van der Waals surface area contributed by atoms with Crippen LogP contribution in [-0.4, -0.2) is 48.2 Å². The molecule has 0 aromatic heterocycles. The first kappa shape index (κ1) is 32.7. The number of rotatable bonds is 12. The van der Waals surface area contributed by atoms with Gasteiger partial charge in [0.1, 0.15) is 18.0 Å². The summed E-state index contributed by atoms with van der Waals surface area (Å²) >= 11 is 6.28. The molecule has 1 aliphatic carbocycles. The van der Waals surface area contributed by atoms with E-state index in [0.717, 1.165) is 37.7 Å². The van der Waals surface area contributed by atoms with E-state index in [1.807, 2.05) is 19.9 Å². The van der Waals surface area contributed by atoms with Gasteiger partial charge in [-0.05, 0) is 60.6 Å². The second kappa shape index (κ2) is 15.0. The summed E-state index contributed by atoms with van der Waals surface area (Å²) in [6.45, 7) is 4.02. The zero-order valence-corrected chi connectivity index (χ0v) is 25.7. The van der Waals surface area contributed by atoms with Crippen LogP contribution in [0.15, 0.2) is 48.5 Å². The number of hydrogen-bond acceptors (Lipinski definition) is 5. The molecule has 0 unspecified atom stereocenters. The van der Waals surface area contributed by atoms with Gasteiger partial charge < -0.3 is 25.8 Å². The fourth-order valence-electron chi connectivity index (χ4n) is 6.31. The van der Waals surface area contributed by atoms with Gasteiger partial charge in [0, 0.05) is 22.9 Å². The van der Waals surface area contributed by atoms with E-state index in [1.54, 1.807) is 30.3 Å². The Morgan fingerprint density at radius 3 is 2.47 bits per heavy atom. The maximum absolute atomic E-state index is 14.3. The lowest BCUT2D eigenvalue weighted by molar-refractivity contribution is -0.126. The molecule has 0 spiro atoms. The number of alkyl carbamates (subject to hydrolysis) is 1. The fraction of sp³-hybridized carbons (Fsp3) is 0.545. The van der Waals surface area contributed by atoms with Crippen molar-refractivity contribution in [3.63, 3.8) is 0 Å². The van der Waals surface area contributed by atoms with Gasteiger partial charge in [-0.2, -0.15) is 0 Å². The van der Waals surface area contributed by atoms with E-state index in [1.165, 1.54) is 12.1 Å². The SMILES string of the molecule is CC(C)(c1cccc(Cl)c1)[C@H](OC(=O)N[C@@H](CC1CCCCC1)C(=O)N[C@H](CO)C[C@@H]1CCNC1=O)c1cccc(F)c1. The average Bonchev–Trinajstić information content (AvgIpc) is 3.39. The standard InChI is InChI=1S/C33H43ClFN3O5/c1-33(2,24-11-7-12-25(34)19-24)29(22-10-6-13-26(35)17-22)43-32(42)38-28(16-21-8-4-3-5-9-21)31(41)37-27(20-39)18-23-14-15-36-30(23)40/h6-7,10-13,17,19,21,23,27-29,39H,3-5,8-9,14-16,18,20H2,1-2H3,(H,36,40)(H,37,41)(H,38,42)/t23-,27-,28-,29+/m0/s1. The summed E-state index contributed by atoms with van der Waals surface area (Å²) in [5, 5.41) is 18.9. The van der Waals surface area contributed by atoms with Gasteiger partial charge in [-0.25, -0.2) is 9.18 Å². The molecular formula is C33H43ClFN3O5. The molecule has 1 heterocycles. The summed E-state index contributed by atoms with van der Waals surface area (Å²) in [6, 6.07) is 11.6. The molecule has 0 bridgehead atoms. The van der Waals surface area contributed by atoms with Gasteiger partial charge in [0.25, 0.3) is 0 Å². The number of amides is 3. The molecule has 0 radical (unpaired) electrons. The number of aliphatic hydroxyl groups excluding tert-OH is 1. The number of aliphatic hydroxyl groups is 1. The van der Waals surface area contributed by atoms with Crippen LogP contribution in [0, 0.1) is 17.7 Å². The van der Waals surface area contributed by atoms with Crippen LogP contribution in [0.25, 0.3) is 0 Å². The van der Waals surface area contributed by atoms with E-state index >= 15 is 0 Å². The number of carbonyl (C=O) groups excluding carboxylic acids is 3. The molecule has 1 saturated heterocycles. The first-order valence-corrected chi connectivity index (χ1v) is 15.6. The highest BCUT2D eigenvalue weighted by Crippen LogP contribution is 2.40. The molecular weight excluding hydrogens is 573 g/mol. The summed E-state index contributed by atoms with van der Waals surface area (Å²) in [4.78, 5) is 39.2. The lowest BCUT2D eigenvalue weighted by Crippen LogP contribution is -2.52. The Morgan fingerprint density at radius 1 is 1.07 bits per heavy atom. The number of halogens is 2.